The van der Waals surface area contributed by atoms with Crippen molar-refractivity contribution >= 4 is 23.3 Å². The highest BCUT2D eigenvalue weighted by Crippen LogP contribution is 2.20. The van der Waals surface area contributed by atoms with Gasteiger partial charge in [-0.2, -0.15) is 0 Å². The van der Waals surface area contributed by atoms with Crippen molar-refractivity contribution < 1.29 is 9.53 Å². The van der Waals surface area contributed by atoms with Crippen LogP contribution in [0.5, 0.6) is 5.75 Å². The normalized spacial score (nSPS) is 10.1. The number of benzene rings is 2. The van der Waals surface area contributed by atoms with Crippen molar-refractivity contribution in [2.24, 2.45) is 0 Å². The molecule has 0 fully saturated rings. The van der Waals surface area contributed by atoms with Crippen LogP contribution in [0.15, 0.2) is 42.5 Å². The molecule has 0 aliphatic carbocycles. The molecule has 2 amide bonds. The number of nitrogens with one attached hydrogen (secondary N) is 2. The van der Waals surface area contributed by atoms with Crippen LogP contribution < -0.4 is 15.4 Å². The molecule has 0 heterocycles. The standard InChI is InChI=1S/C17H19ClN2O2/c1-12-5-3-8-16(13(12)2)22-10-9-19-17(21)20-15-7-4-6-14(18)11-15/h3-8,11H,9-10H2,1-2H3,(H2,19,20,21). The molecule has 0 aromatic heterocycles. The van der Waals surface area contributed by atoms with Gasteiger partial charge in [-0.3, -0.25) is 0 Å². The Hall–Kier alpha value is -2.20. The van der Waals surface area contributed by atoms with Gasteiger partial charge in [0.15, 0.2) is 0 Å². The highest BCUT2D eigenvalue weighted by molar-refractivity contribution is 6.30. The van der Waals surface area contributed by atoms with Crippen LogP contribution in [0.2, 0.25) is 5.02 Å². The molecule has 0 radical (unpaired) electrons. The molecule has 22 heavy (non-hydrogen) atoms. The van der Waals surface area contributed by atoms with E-state index in [1.165, 1.54) is 5.56 Å². The van der Waals surface area contributed by atoms with Gasteiger partial charge in [0.2, 0.25) is 0 Å². The minimum atomic E-state index is -0.285. The third-order valence-corrected chi connectivity index (χ3v) is 3.52. The minimum Gasteiger partial charge on any atom is -0.491 e. The molecule has 0 spiro atoms. The molecule has 2 N–H and O–H groups in total. The maximum Gasteiger partial charge on any atom is 0.319 e. The fraction of sp³-hybridized carbons (Fsp3) is 0.235. The van der Waals surface area contributed by atoms with Gasteiger partial charge in [0, 0.05) is 10.7 Å². The minimum absolute atomic E-state index is 0.285. The molecule has 2 aromatic rings. The Morgan fingerprint density at radius 2 is 1.95 bits per heavy atom. The van der Waals surface area contributed by atoms with E-state index in [9.17, 15) is 4.79 Å². The molecule has 0 saturated carbocycles. The molecule has 2 rings (SSSR count). The number of urea groups is 1. The summed E-state index contributed by atoms with van der Waals surface area (Å²) in [6.07, 6.45) is 0. The van der Waals surface area contributed by atoms with Crippen molar-refractivity contribution in [1.82, 2.24) is 5.32 Å². The number of carbonyl (C=O) groups excluding carboxylic acids is 1. The Balaban J connectivity index is 1.74. The number of carbonyl (C=O) groups is 1. The average molecular weight is 319 g/mol. The van der Waals surface area contributed by atoms with E-state index < -0.39 is 0 Å². The van der Waals surface area contributed by atoms with E-state index in [2.05, 4.69) is 10.6 Å². The molecule has 5 heteroatoms. The molecular weight excluding hydrogens is 300 g/mol. The Morgan fingerprint density at radius 3 is 2.73 bits per heavy atom. The zero-order chi connectivity index (χ0) is 15.9. The molecule has 0 atom stereocenters. The summed E-state index contributed by atoms with van der Waals surface area (Å²) in [6.45, 7) is 4.88. The third-order valence-electron chi connectivity index (χ3n) is 3.28. The SMILES string of the molecule is Cc1cccc(OCCNC(=O)Nc2cccc(Cl)c2)c1C. The van der Waals surface area contributed by atoms with Crippen molar-refractivity contribution in [1.29, 1.82) is 0 Å². The quantitative estimate of drug-likeness (QED) is 0.813. The van der Waals surface area contributed by atoms with Crippen molar-refractivity contribution in [3.8, 4) is 5.75 Å². The van der Waals surface area contributed by atoms with E-state index >= 15 is 0 Å². The summed E-state index contributed by atoms with van der Waals surface area (Å²) in [5.41, 5.74) is 2.95. The second-order valence-electron chi connectivity index (χ2n) is 4.94. The van der Waals surface area contributed by atoms with Crippen LogP contribution in [0.4, 0.5) is 10.5 Å². The zero-order valence-electron chi connectivity index (χ0n) is 12.7. The van der Waals surface area contributed by atoms with Crippen LogP contribution in [0.3, 0.4) is 0 Å². The van der Waals surface area contributed by atoms with Crippen LogP contribution in [0.25, 0.3) is 0 Å². The van der Waals surface area contributed by atoms with E-state index in [-0.39, 0.29) is 6.03 Å². The van der Waals surface area contributed by atoms with Crippen LogP contribution in [-0.4, -0.2) is 19.2 Å². The van der Waals surface area contributed by atoms with Crippen LogP contribution in [0.1, 0.15) is 11.1 Å². The Labute approximate surface area is 135 Å². The molecule has 0 saturated heterocycles. The van der Waals surface area contributed by atoms with Crippen molar-refractivity contribution in [2.45, 2.75) is 13.8 Å². The first-order chi connectivity index (χ1) is 10.6. The van der Waals surface area contributed by atoms with E-state index in [1.54, 1.807) is 24.3 Å². The predicted molar refractivity (Wildman–Crippen MR) is 89.9 cm³/mol. The molecular formula is C17H19ClN2O2. The molecule has 116 valence electrons. The molecule has 0 unspecified atom stereocenters. The number of anilines is 1. The van der Waals surface area contributed by atoms with Crippen LogP contribution >= 0.6 is 11.6 Å². The maximum absolute atomic E-state index is 11.7. The third kappa shape index (κ3) is 4.67. The number of rotatable bonds is 5. The van der Waals surface area contributed by atoms with Crippen molar-refractivity contribution in [3.05, 3.63) is 58.6 Å². The number of ether oxygens (including phenoxy) is 1. The first kappa shape index (κ1) is 16.2. The summed E-state index contributed by atoms with van der Waals surface area (Å²) >= 11 is 5.86. The topological polar surface area (TPSA) is 50.4 Å². The lowest BCUT2D eigenvalue weighted by atomic mass is 10.1. The van der Waals surface area contributed by atoms with Gasteiger partial charge in [-0.25, -0.2) is 4.79 Å². The molecule has 0 aliphatic rings. The average Bonchev–Trinajstić information content (AvgIpc) is 2.48. The number of aryl methyl sites for hydroxylation is 1. The summed E-state index contributed by atoms with van der Waals surface area (Å²) in [5, 5.41) is 6.03. The predicted octanol–water partition coefficient (Wildman–Crippen LogP) is 4.16. The number of hydrogen-bond donors (Lipinski definition) is 2. The van der Waals surface area contributed by atoms with E-state index in [1.807, 2.05) is 32.0 Å². The monoisotopic (exact) mass is 318 g/mol. The highest BCUT2D eigenvalue weighted by atomic mass is 35.5. The van der Waals surface area contributed by atoms with E-state index in [0.29, 0.717) is 23.9 Å². The molecule has 0 bridgehead atoms. The summed E-state index contributed by atoms with van der Waals surface area (Å²) in [4.78, 5) is 11.7. The number of hydrogen-bond acceptors (Lipinski definition) is 2. The smallest absolute Gasteiger partial charge is 0.319 e. The van der Waals surface area contributed by atoms with Crippen molar-refractivity contribution in [2.75, 3.05) is 18.5 Å². The second-order valence-corrected chi connectivity index (χ2v) is 5.37. The van der Waals surface area contributed by atoms with Gasteiger partial charge in [0.25, 0.3) is 0 Å². The summed E-state index contributed by atoms with van der Waals surface area (Å²) in [5.74, 6) is 0.844. The first-order valence-corrected chi connectivity index (χ1v) is 7.43. The second kappa shape index (κ2) is 7.71. The van der Waals surface area contributed by atoms with Gasteiger partial charge >= 0.3 is 6.03 Å². The Bertz CT molecular complexity index is 659. The van der Waals surface area contributed by atoms with Crippen LogP contribution in [-0.2, 0) is 0 Å². The summed E-state index contributed by atoms with van der Waals surface area (Å²) in [6, 6.07) is 12.6. The van der Waals surface area contributed by atoms with E-state index in [0.717, 1.165) is 11.3 Å². The van der Waals surface area contributed by atoms with Gasteiger partial charge in [-0.05, 0) is 49.2 Å². The first-order valence-electron chi connectivity index (χ1n) is 7.05. The number of amides is 2. The fourth-order valence-electron chi connectivity index (χ4n) is 1.95. The van der Waals surface area contributed by atoms with E-state index in [4.69, 9.17) is 16.3 Å². The molecule has 0 aliphatic heterocycles. The van der Waals surface area contributed by atoms with Gasteiger partial charge in [-0.1, -0.05) is 29.8 Å². The number of halogens is 1. The highest BCUT2D eigenvalue weighted by Gasteiger charge is 2.03. The van der Waals surface area contributed by atoms with Crippen LogP contribution in [0, 0.1) is 13.8 Å². The van der Waals surface area contributed by atoms with Gasteiger partial charge in [0.1, 0.15) is 12.4 Å². The Kier molecular flexibility index (Phi) is 5.67. The van der Waals surface area contributed by atoms with Gasteiger partial charge < -0.3 is 15.4 Å². The Morgan fingerprint density at radius 1 is 1.18 bits per heavy atom. The summed E-state index contributed by atoms with van der Waals surface area (Å²) in [7, 11) is 0. The molecule has 4 nitrogen and oxygen atoms in total. The lowest BCUT2D eigenvalue weighted by molar-refractivity contribution is 0.247. The molecule has 2 aromatic carbocycles. The van der Waals surface area contributed by atoms with Gasteiger partial charge in [0.05, 0.1) is 6.54 Å². The van der Waals surface area contributed by atoms with Crippen molar-refractivity contribution in [3.63, 3.8) is 0 Å². The fourth-order valence-corrected chi connectivity index (χ4v) is 2.14. The summed E-state index contributed by atoms with van der Waals surface area (Å²) < 4.78 is 5.67. The van der Waals surface area contributed by atoms with Gasteiger partial charge in [-0.15, -0.1) is 0 Å². The zero-order valence-corrected chi connectivity index (χ0v) is 13.4. The lowest BCUT2D eigenvalue weighted by Crippen LogP contribution is -2.32. The maximum atomic E-state index is 11.7. The lowest BCUT2D eigenvalue weighted by Gasteiger charge is -2.12. The largest absolute Gasteiger partial charge is 0.491 e.